The fraction of sp³-hybridized carbons (Fsp3) is 0.190. The van der Waals surface area contributed by atoms with Crippen molar-refractivity contribution in [3.63, 3.8) is 0 Å². The third kappa shape index (κ3) is 7.43. The molecule has 0 aliphatic rings. The maximum absolute atomic E-state index is 12.2. The van der Waals surface area contributed by atoms with Crippen molar-refractivity contribution in [3.05, 3.63) is 54.1 Å². The minimum absolute atomic E-state index is 0.122. The van der Waals surface area contributed by atoms with Gasteiger partial charge in [0, 0.05) is 18.3 Å². The molecule has 3 aromatic rings. The van der Waals surface area contributed by atoms with Gasteiger partial charge in [0.2, 0.25) is 22.9 Å². The number of H-pyrrole nitrogens is 1. The molecule has 2 aromatic carbocycles. The van der Waals surface area contributed by atoms with Crippen LogP contribution in [0.15, 0.2) is 58.8 Å². The average Bonchev–Trinajstić information content (AvgIpc) is 3.21. The summed E-state index contributed by atoms with van der Waals surface area (Å²) in [5.41, 5.74) is 4.86. The predicted octanol–water partition coefficient (Wildman–Crippen LogP) is 3.34. The number of carbonyl (C=O) groups is 2. The largest absolute Gasteiger partial charge is 0.494 e. The third-order valence-electron chi connectivity index (χ3n) is 3.84. The molecule has 0 radical (unpaired) electrons. The zero-order chi connectivity index (χ0) is 22.8. The third-order valence-corrected chi connectivity index (χ3v) is 4.69. The van der Waals surface area contributed by atoms with Gasteiger partial charge in [-0.25, -0.2) is 10.5 Å². The molecule has 0 aliphatic carbocycles. The van der Waals surface area contributed by atoms with Gasteiger partial charge in [0.25, 0.3) is 0 Å². The van der Waals surface area contributed by atoms with Crippen molar-refractivity contribution in [2.24, 2.45) is 5.10 Å². The van der Waals surface area contributed by atoms with E-state index in [9.17, 15) is 9.59 Å². The van der Waals surface area contributed by atoms with E-state index in [0.29, 0.717) is 29.1 Å². The summed E-state index contributed by atoms with van der Waals surface area (Å²) in [6, 6.07) is 14.4. The molecule has 11 heteroatoms. The second-order valence-electron chi connectivity index (χ2n) is 6.44. The number of thioether (sulfide) groups is 1. The van der Waals surface area contributed by atoms with E-state index < -0.39 is 0 Å². The van der Waals surface area contributed by atoms with Crippen molar-refractivity contribution in [1.29, 1.82) is 0 Å². The first-order valence-corrected chi connectivity index (χ1v) is 10.7. The van der Waals surface area contributed by atoms with Gasteiger partial charge in [0.15, 0.2) is 0 Å². The van der Waals surface area contributed by atoms with Crippen LogP contribution in [0.4, 0.5) is 17.3 Å². The number of aromatic nitrogens is 3. The van der Waals surface area contributed by atoms with Crippen molar-refractivity contribution < 1.29 is 14.3 Å². The van der Waals surface area contributed by atoms with Crippen LogP contribution in [-0.2, 0) is 9.59 Å². The number of hydrogen-bond donors (Lipinski definition) is 4. The van der Waals surface area contributed by atoms with Gasteiger partial charge in [-0.05, 0) is 55.0 Å². The van der Waals surface area contributed by atoms with Gasteiger partial charge in [-0.3, -0.25) is 9.59 Å². The second kappa shape index (κ2) is 11.5. The topological polar surface area (TPSA) is 133 Å². The first-order valence-electron chi connectivity index (χ1n) is 9.76. The molecule has 0 spiro atoms. The molecule has 4 N–H and O–H groups in total. The van der Waals surface area contributed by atoms with Crippen LogP contribution in [0.2, 0.25) is 0 Å². The average molecular weight is 454 g/mol. The number of hydrazone groups is 1. The summed E-state index contributed by atoms with van der Waals surface area (Å²) in [6.45, 7) is 3.98. The van der Waals surface area contributed by atoms with Gasteiger partial charge in [-0.15, -0.1) is 5.10 Å². The lowest BCUT2D eigenvalue weighted by Crippen LogP contribution is -2.14. The minimum Gasteiger partial charge on any atom is -0.494 e. The fourth-order valence-corrected chi connectivity index (χ4v) is 3.15. The summed E-state index contributed by atoms with van der Waals surface area (Å²) >= 11 is 1.18. The molecule has 0 unspecified atom stereocenters. The van der Waals surface area contributed by atoms with Crippen LogP contribution < -0.4 is 20.8 Å². The molecule has 32 heavy (non-hydrogen) atoms. The SMILES string of the molecule is CCOc1ccc(/C=N\Nc2nc(SCC(=O)Nc3cccc(NC(C)=O)c3)n[nH]2)cc1. The Morgan fingerprint density at radius 2 is 1.91 bits per heavy atom. The van der Waals surface area contributed by atoms with Crippen LogP contribution in [0.1, 0.15) is 19.4 Å². The molecule has 0 aliphatic heterocycles. The standard InChI is InChI=1S/C21H23N7O3S/c1-3-31-18-9-7-15(8-10-18)12-22-26-20-25-21(28-27-20)32-13-19(30)24-17-6-4-5-16(11-17)23-14(2)29/h4-12H,3,13H2,1-2H3,(H,23,29)(H,24,30)(H2,25,26,27,28)/b22-12-. The van der Waals surface area contributed by atoms with Gasteiger partial charge < -0.3 is 15.4 Å². The smallest absolute Gasteiger partial charge is 0.240 e. The highest BCUT2D eigenvalue weighted by molar-refractivity contribution is 7.99. The van der Waals surface area contributed by atoms with Gasteiger partial charge in [-0.1, -0.05) is 17.8 Å². The second-order valence-corrected chi connectivity index (χ2v) is 7.38. The summed E-state index contributed by atoms with van der Waals surface area (Å²) in [5, 5.41) is 16.7. The van der Waals surface area contributed by atoms with E-state index in [4.69, 9.17) is 4.74 Å². The summed E-state index contributed by atoms with van der Waals surface area (Å²) in [7, 11) is 0. The molecule has 0 saturated heterocycles. The van der Waals surface area contributed by atoms with Gasteiger partial charge in [0.1, 0.15) is 5.75 Å². The first kappa shape index (κ1) is 22.8. The molecule has 1 aromatic heterocycles. The molecule has 166 valence electrons. The molecule has 0 fully saturated rings. The highest BCUT2D eigenvalue weighted by atomic mass is 32.2. The number of anilines is 3. The first-order chi connectivity index (χ1) is 15.5. The molecule has 2 amide bonds. The van der Waals surface area contributed by atoms with E-state index in [1.165, 1.54) is 18.7 Å². The Kier molecular flexibility index (Phi) is 8.21. The van der Waals surface area contributed by atoms with Crippen molar-refractivity contribution in [2.45, 2.75) is 19.0 Å². The maximum Gasteiger partial charge on any atom is 0.240 e. The number of carbonyl (C=O) groups excluding carboxylic acids is 2. The van der Waals surface area contributed by atoms with Gasteiger partial charge >= 0.3 is 0 Å². The van der Waals surface area contributed by atoms with Crippen LogP contribution in [0, 0.1) is 0 Å². The molecule has 3 rings (SSSR count). The van der Waals surface area contributed by atoms with E-state index in [-0.39, 0.29) is 17.6 Å². The molecule has 1 heterocycles. The number of hydrogen-bond acceptors (Lipinski definition) is 8. The van der Waals surface area contributed by atoms with Crippen LogP contribution in [-0.4, -0.2) is 45.6 Å². The Hall–Kier alpha value is -3.86. The van der Waals surface area contributed by atoms with Crippen molar-refractivity contribution in [3.8, 4) is 5.75 Å². The highest BCUT2D eigenvalue weighted by Crippen LogP contribution is 2.18. The van der Waals surface area contributed by atoms with E-state index >= 15 is 0 Å². The number of aromatic amines is 1. The monoisotopic (exact) mass is 453 g/mol. The zero-order valence-corrected chi connectivity index (χ0v) is 18.4. The predicted molar refractivity (Wildman–Crippen MR) is 125 cm³/mol. The van der Waals surface area contributed by atoms with E-state index in [0.717, 1.165) is 11.3 Å². The molecule has 0 atom stereocenters. The zero-order valence-electron chi connectivity index (χ0n) is 17.6. The quantitative estimate of drug-likeness (QED) is 0.210. The van der Waals surface area contributed by atoms with Crippen molar-refractivity contribution in [1.82, 2.24) is 15.2 Å². The lowest BCUT2D eigenvalue weighted by Gasteiger charge is -2.07. The molecule has 10 nitrogen and oxygen atoms in total. The Balaban J connectivity index is 1.44. The van der Waals surface area contributed by atoms with E-state index in [2.05, 4.69) is 36.3 Å². The maximum atomic E-state index is 12.2. The van der Waals surface area contributed by atoms with E-state index in [1.54, 1.807) is 30.5 Å². The number of amides is 2. The fourth-order valence-electron chi connectivity index (χ4n) is 2.55. The lowest BCUT2D eigenvalue weighted by atomic mass is 10.2. The molecule has 0 saturated carbocycles. The van der Waals surface area contributed by atoms with Gasteiger partial charge in [0.05, 0.1) is 18.6 Å². The molecule has 0 bridgehead atoms. The summed E-state index contributed by atoms with van der Waals surface area (Å²) in [4.78, 5) is 27.6. The van der Waals surface area contributed by atoms with Crippen molar-refractivity contribution in [2.75, 3.05) is 28.4 Å². The van der Waals surface area contributed by atoms with Gasteiger partial charge in [-0.2, -0.15) is 10.1 Å². The molecular weight excluding hydrogens is 430 g/mol. The van der Waals surface area contributed by atoms with Crippen LogP contribution in [0.25, 0.3) is 0 Å². The summed E-state index contributed by atoms with van der Waals surface area (Å²) in [5.74, 6) is 0.888. The number of nitrogens with zero attached hydrogens (tertiary/aromatic N) is 3. The number of rotatable bonds is 10. The molecular formula is C21H23N7O3S. The summed E-state index contributed by atoms with van der Waals surface area (Å²) in [6.07, 6.45) is 1.65. The van der Waals surface area contributed by atoms with Crippen molar-refractivity contribution >= 4 is 47.1 Å². The Labute approximate surface area is 189 Å². The number of benzene rings is 2. The Morgan fingerprint density at radius 3 is 2.62 bits per heavy atom. The Morgan fingerprint density at radius 1 is 1.16 bits per heavy atom. The Bertz CT molecular complexity index is 1080. The number of nitrogens with one attached hydrogen (secondary N) is 4. The van der Waals surface area contributed by atoms with Crippen LogP contribution in [0.3, 0.4) is 0 Å². The lowest BCUT2D eigenvalue weighted by molar-refractivity contribution is -0.114. The van der Waals surface area contributed by atoms with E-state index in [1.807, 2.05) is 31.2 Å². The number of ether oxygens (including phenoxy) is 1. The normalized spacial score (nSPS) is 10.7. The minimum atomic E-state index is -0.220. The van der Waals surface area contributed by atoms with Crippen LogP contribution in [0.5, 0.6) is 5.75 Å². The van der Waals surface area contributed by atoms with Crippen LogP contribution >= 0.6 is 11.8 Å². The highest BCUT2D eigenvalue weighted by Gasteiger charge is 2.08. The summed E-state index contributed by atoms with van der Waals surface area (Å²) < 4.78 is 5.40.